The lowest BCUT2D eigenvalue weighted by atomic mass is 10.0. The van der Waals surface area contributed by atoms with Gasteiger partial charge >= 0.3 is 0 Å². The van der Waals surface area contributed by atoms with Crippen LogP contribution in [0.1, 0.15) is 30.9 Å². The molecule has 76 valence electrons. The number of hydrogen-bond acceptors (Lipinski definition) is 1. The van der Waals surface area contributed by atoms with E-state index >= 15 is 0 Å². The summed E-state index contributed by atoms with van der Waals surface area (Å²) in [5, 5.41) is 0. The van der Waals surface area contributed by atoms with E-state index in [1.807, 2.05) is 6.07 Å². The van der Waals surface area contributed by atoms with Gasteiger partial charge in [0, 0.05) is 15.0 Å². The third-order valence-electron chi connectivity index (χ3n) is 2.66. The Bertz CT molecular complexity index is 334. The van der Waals surface area contributed by atoms with Crippen LogP contribution in [0.25, 0.3) is 0 Å². The molecular weight excluding hydrogens is 306 g/mol. The first kappa shape index (κ1) is 10.7. The van der Waals surface area contributed by atoms with Crippen molar-refractivity contribution in [3.05, 3.63) is 32.7 Å². The van der Waals surface area contributed by atoms with Crippen molar-refractivity contribution in [2.45, 2.75) is 25.3 Å². The summed E-state index contributed by atoms with van der Waals surface area (Å²) in [6, 6.07) is 6.46. The van der Waals surface area contributed by atoms with Gasteiger partial charge in [0.15, 0.2) is 0 Å². The van der Waals surface area contributed by atoms with Crippen molar-refractivity contribution >= 4 is 31.9 Å². The molecule has 1 atom stereocenters. The van der Waals surface area contributed by atoms with Gasteiger partial charge in [-0.05, 0) is 61.9 Å². The molecule has 0 unspecified atom stereocenters. The summed E-state index contributed by atoms with van der Waals surface area (Å²) in [6.45, 7) is 0. The highest BCUT2D eigenvalue weighted by Crippen LogP contribution is 2.37. The molecular formula is C11H13Br2N. The number of nitrogens with two attached hydrogens (primary N) is 1. The quantitative estimate of drug-likeness (QED) is 0.895. The third kappa shape index (κ3) is 2.59. The van der Waals surface area contributed by atoms with E-state index in [1.165, 1.54) is 18.4 Å². The molecule has 0 saturated heterocycles. The first-order valence-corrected chi connectivity index (χ1v) is 6.46. The van der Waals surface area contributed by atoms with E-state index in [2.05, 4.69) is 44.0 Å². The predicted octanol–water partition coefficient (Wildman–Crippen LogP) is 4.01. The van der Waals surface area contributed by atoms with Gasteiger partial charge in [0.1, 0.15) is 0 Å². The summed E-state index contributed by atoms with van der Waals surface area (Å²) in [6.07, 6.45) is 3.87. The lowest BCUT2D eigenvalue weighted by Gasteiger charge is -2.12. The van der Waals surface area contributed by atoms with Crippen LogP contribution in [0.15, 0.2) is 27.1 Å². The average Bonchev–Trinajstić information content (AvgIpc) is 2.93. The molecule has 0 aromatic heterocycles. The van der Waals surface area contributed by atoms with Crippen LogP contribution in [0.3, 0.4) is 0 Å². The highest BCUT2D eigenvalue weighted by atomic mass is 79.9. The fraction of sp³-hybridized carbons (Fsp3) is 0.455. The molecule has 1 nitrogen and oxygen atoms in total. The van der Waals surface area contributed by atoms with Crippen LogP contribution < -0.4 is 5.73 Å². The molecule has 0 amide bonds. The maximum Gasteiger partial charge on any atom is 0.0320 e. The normalized spacial score (nSPS) is 18.2. The van der Waals surface area contributed by atoms with Crippen molar-refractivity contribution < 1.29 is 0 Å². The number of rotatable bonds is 3. The summed E-state index contributed by atoms with van der Waals surface area (Å²) in [4.78, 5) is 0. The van der Waals surface area contributed by atoms with E-state index in [1.54, 1.807) is 0 Å². The average molecular weight is 319 g/mol. The Labute approximate surface area is 101 Å². The summed E-state index contributed by atoms with van der Waals surface area (Å²) in [5.74, 6) is 0.882. The molecule has 0 heterocycles. The lowest BCUT2D eigenvalue weighted by Crippen LogP contribution is -2.10. The van der Waals surface area contributed by atoms with Crippen LogP contribution in [0.5, 0.6) is 0 Å². The van der Waals surface area contributed by atoms with Crippen LogP contribution in [-0.2, 0) is 0 Å². The van der Waals surface area contributed by atoms with Crippen LogP contribution in [0, 0.1) is 5.92 Å². The smallest absolute Gasteiger partial charge is 0.0320 e. The Morgan fingerprint density at radius 3 is 2.57 bits per heavy atom. The van der Waals surface area contributed by atoms with Crippen LogP contribution >= 0.6 is 31.9 Å². The molecule has 1 aromatic carbocycles. The molecule has 1 aromatic rings. The lowest BCUT2D eigenvalue weighted by molar-refractivity contribution is 0.597. The minimum Gasteiger partial charge on any atom is -0.324 e. The van der Waals surface area contributed by atoms with Gasteiger partial charge in [-0.1, -0.05) is 18.9 Å². The largest absolute Gasteiger partial charge is 0.324 e. The number of benzene rings is 1. The van der Waals surface area contributed by atoms with E-state index in [0.29, 0.717) is 0 Å². The number of hydrogen-bond donors (Lipinski definition) is 1. The molecule has 1 saturated carbocycles. The van der Waals surface area contributed by atoms with E-state index < -0.39 is 0 Å². The maximum absolute atomic E-state index is 6.12. The Morgan fingerprint density at radius 2 is 2.00 bits per heavy atom. The second-order valence-electron chi connectivity index (χ2n) is 3.96. The predicted molar refractivity (Wildman–Crippen MR) is 66.1 cm³/mol. The zero-order chi connectivity index (χ0) is 10.1. The van der Waals surface area contributed by atoms with E-state index in [9.17, 15) is 0 Å². The van der Waals surface area contributed by atoms with Gasteiger partial charge in [0.05, 0.1) is 0 Å². The number of halogens is 2. The topological polar surface area (TPSA) is 26.0 Å². The van der Waals surface area contributed by atoms with E-state index in [0.717, 1.165) is 21.3 Å². The molecule has 0 radical (unpaired) electrons. The van der Waals surface area contributed by atoms with Gasteiger partial charge in [-0.2, -0.15) is 0 Å². The van der Waals surface area contributed by atoms with Crippen LogP contribution in [0.2, 0.25) is 0 Å². The molecule has 1 fully saturated rings. The van der Waals surface area contributed by atoms with E-state index in [4.69, 9.17) is 5.73 Å². The standard InChI is InChI=1S/C11H13Br2N/c12-9-4-3-8(6-10(9)13)11(14)5-7-1-2-7/h3-4,6-7,11H,1-2,5,14H2/t11-/m0/s1. The Balaban J connectivity index is 2.10. The molecule has 2 N–H and O–H groups in total. The summed E-state index contributed by atoms with van der Waals surface area (Å²) in [7, 11) is 0. The molecule has 2 rings (SSSR count). The molecule has 0 bridgehead atoms. The maximum atomic E-state index is 6.12. The van der Waals surface area contributed by atoms with Crippen molar-refractivity contribution in [3.63, 3.8) is 0 Å². The summed E-state index contributed by atoms with van der Waals surface area (Å²) < 4.78 is 2.17. The second-order valence-corrected chi connectivity index (χ2v) is 5.67. The van der Waals surface area contributed by atoms with Gasteiger partial charge in [-0.3, -0.25) is 0 Å². The first-order chi connectivity index (χ1) is 6.66. The highest BCUT2D eigenvalue weighted by Gasteiger charge is 2.24. The van der Waals surface area contributed by atoms with Crippen molar-refractivity contribution in [3.8, 4) is 0 Å². The SMILES string of the molecule is N[C@@H](CC1CC1)c1ccc(Br)c(Br)c1. The van der Waals surface area contributed by atoms with Gasteiger partial charge in [0.25, 0.3) is 0 Å². The molecule has 1 aliphatic rings. The van der Waals surface area contributed by atoms with Gasteiger partial charge in [-0.15, -0.1) is 0 Å². The fourth-order valence-corrected chi connectivity index (χ4v) is 2.23. The molecule has 1 aliphatic carbocycles. The highest BCUT2D eigenvalue weighted by molar-refractivity contribution is 9.13. The minimum absolute atomic E-state index is 0.201. The summed E-state index contributed by atoms with van der Waals surface area (Å²) in [5.41, 5.74) is 7.35. The summed E-state index contributed by atoms with van der Waals surface area (Å²) >= 11 is 6.95. The Hall–Kier alpha value is 0.140. The Kier molecular flexibility index (Phi) is 3.30. The van der Waals surface area contributed by atoms with Gasteiger partial charge in [0.2, 0.25) is 0 Å². The van der Waals surface area contributed by atoms with Crippen LogP contribution in [-0.4, -0.2) is 0 Å². The van der Waals surface area contributed by atoms with Gasteiger partial charge < -0.3 is 5.73 Å². The fourth-order valence-electron chi connectivity index (χ4n) is 1.59. The molecule has 3 heteroatoms. The van der Waals surface area contributed by atoms with Crippen molar-refractivity contribution in [2.24, 2.45) is 11.7 Å². The molecule has 0 aliphatic heterocycles. The van der Waals surface area contributed by atoms with Crippen molar-refractivity contribution in [1.82, 2.24) is 0 Å². The monoisotopic (exact) mass is 317 g/mol. The first-order valence-electron chi connectivity index (χ1n) is 4.87. The van der Waals surface area contributed by atoms with Crippen molar-refractivity contribution in [1.29, 1.82) is 0 Å². The van der Waals surface area contributed by atoms with Gasteiger partial charge in [-0.25, -0.2) is 0 Å². The zero-order valence-electron chi connectivity index (χ0n) is 7.84. The second kappa shape index (κ2) is 4.33. The molecule has 14 heavy (non-hydrogen) atoms. The van der Waals surface area contributed by atoms with Crippen molar-refractivity contribution in [2.75, 3.05) is 0 Å². The zero-order valence-corrected chi connectivity index (χ0v) is 11.0. The van der Waals surface area contributed by atoms with E-state index in [-0.39, 0.29) is 6.04 Å². The minimum atomic E-state index is 0.201. The van der Waals surface area contributed by atoms with Crippen LogP contribution in [0.4, 0.5) is 0 Å². The molecule has 0 spiro atoms. The third-order valence-corrected chi connectivity index (χ3v) is 4.54. The Morgan fingerprint density at radius 1 is 1.29 bits per heavy atom.